The summed E-state index contributed by atoms with van der Waals surface area (Å²) in [7, 11) is 2.00. The smallest absolute Gasteiger partial charge is 0.0946 e. The number of imidazole rings is 1. The van der Waals surface area contributed by atoms with Crippen LogP contribution in [0, 0.1) is 0 Å². The summed E-state index contributed by atoms with van der Waals surface area (Å²) in [4.78, 5) is 4.06. The molecule has 1 N–H and O–H groups in total. The van der Waals surface area contributed by atoms with Gasteiger partial charge < -0.3 is 14.6 Å². The van der Waals surface area contributed by atoms with Crippen molar-refractivity contribution in [2.24, 2.45) is 7.05 Å². The van der Waals surface area contributed by atoms with Crippen molar-refractivity contribution >= 4 is 0 Å². The molecule has 66 valence electrons. The van der Waals surface area contributed by atoms with Gasteiger partial charge in [0.1, 0.15) is 0 Å². The molecular formula is C8H13N3O. The van der Waals surface area contributed by atoms with E-state index in [-0.39, 0.29) is 0 Å². The zero-order valence-electron chi connectivity index (χ0n) is 7.16. The lowest BCUT2D eigenvalue weighted by Gasteiger charge is -2.23. The van der Waals surface area contributed by atoms with Crippen molar-refractivity contribution in [2.75, 3.05) is 19.8 Å². The highest BCUT2D eigenvalue weighted by atomic mass is 16.5. The van der Waals surface area contributed by atoms with E-state index in [1.165, 1.54) is 5.69 Å². The molecule has 1 unspecified atom stereocenters. The van der Waals surface area contributed by atoms with E-state index in [4.69, 9.17) is 4.74 Å². The van der Waals surface area contributed by atoms with E-state index in [1.807, 2.05) is 24.1 Å². The first-order chi connectivity index (χ1) is 5.88. The lowest BCUT2D eigenvalue weighted by Crippen LogP contribution is -2.35. The van der Waals surface area contributed by atoms with Crippen LogP contribution in [-0.4, -0.2) is 29.3 Å². The molecule has 1 aliphatic heterocycles. The first-order valence-electron chi connectivity index (χ1n) is 4.15. The Bertz CT molecular complexity index is 253. The number of aromatic nitrogens is 2. The summed E-state index contributed by atoms with van der Waals surface area (Å²) in [5, 5.41) is 3.38. The molecule has 12 heavy (non-hydrogen) atoms. The Morgan fingerprint density at radius 3 is 3.25 bits per heavy atom. The molecule has 4 nitrogen and oxygen atoms in total. The van der Waals surface area contributed by atoms with Crippen molar-refractivity contribution in [3.63, 3.8) is 0 Å². The van der Waals surface area contributed by atoms with Gasteiger partial charge in [-0.2, -0.15) is 0 Å². The van der Waals surface area contributed by atoms with E-state index in [9.17, 15) is 0 Å². The van der Waals surface area contributed by atoms with Gasteiger partial charge in [-0.1, -0.05) is 0 Å². The van der Waals surface area contributed by atoms with Crippen LogP contribution < -0.4 is 5.32 Å². The van der Waals surface area contributed by atoms with Gasteiger partial charge in [0, 0.05) is 19.8 Å². The molecule has 0 bridgehead atoms. The quantitative estimate of drug-likeness (QED) is 0.644. The molecule has 0 aromatic carbocycles. The van der Waals surface area contributed by atoms with Crippen LogP contribution in [-0.2, 0) is 11.8 Å². The highest BCUT2D eigenvalue weighted by Crippen LogP contribution is 2.13. The van der Waals surface area contributed by atoms with Gasteiger partial charge in [-0.15, -0.1) is 0 Å². The fourth-order valence-corrected chi connectivity index (χ4v) is 1.46. The fourth-order valence-electron chi connectivity index (χ4n) is 1.46. The molecule has 2 heterocycles. The lowest BCUT2D eigenvalue weighted by atomic mass is 10.2. The Labute approximate surface area is 71.6 Å². The first-order valence-corrected chi connectivity index (χ1v) is 4.15. The van der Waals surface area contributed by atoms with Crippen LogP contribution in [0.25, 0.3) is 0 Å². The summed E-state index contributed by atoms with van der Waals surface area (Å²) in [6.07, 6.45) is 3.69. The molecular weight excluding hydrogens is 154 g/mol. The molecule has 1 aromatic rings. The van der Waals surface area contributed by atoms with Crippen LogP contribution in [0.1, 0.15) is 11.7 Å². The van der Waals surface area contributed by atoms with Crippen LogP contribution in [0.5, 0.6) is 0 Å². The van der Waals surface area contributed by atoms with Crippen molar-refractivity contribution in [2.45, 2.75) is 6.04 Å². The summed E-state index contributed by atoms with van der Waals surface area (Å²) in [6, 6.07) is 0.311. The summed E-state index contributed by atoms with van der Waals surface area (Å²) >= 11 is 0. The van der Waals surface area contributed by atoms with Gasteiger partial charge in [0.25, 0.3) is 0 Å². The predicted octanol–water partition coefficient (Wildman–Crippen LogP) is 0.0810. The number of aryl methyl sites for hydroxylation is 1. The number of nitrogens with one attached hydrogen (secondary N) is 1. The number of morpholine rings is 1. The topological polar surface area (TPSA) is 39.1 Å². The summed E-state index contributed by atoms with van der Waals surface area (Å²) in [5.41, 5.74) is 1.19. The van der Waals surface area contributed by atoms with Gasteiger partial charge in [-0.3, -0.25) is 0 Å². The average Bonchev–Trinajstić information content (AvgIpc) is 2.53. The van der Waals surface area contributed by atoms with Crippen LogP contribution in [0.3, 0.4) is 0 Å². The zero-order valence-corrected chi connectivity index (χ0v) is 7.16. The maximum absolute atomic E-state index is 5.36. The number of nitrogens with zero attached hydrogens (tertiary/aromatic N) is 2. The van der Waals surface area contributed by atoms with E-state index < -0.39 is 0 Å². The van der Waals surface area contributed by atoms with Gasteiger partial charge in [-0.05, 0) is 0 Å². The Hall–Kier alpha value is -0.870. The normalized spacial score (nSPS) is 24.2. The molecule has 0 aliphatic carbocycles. The number of hydrogen-bond donors (Lipinski definition) is 1. The minimum absolute atomic E-state index is 0.311. The summed E-state index contributed by atoms with van der Waals surface area (Å²) in [5.74, 6) is 0. The van der Waals surface area contributed by atoms with Gasteiger partial charge in [0.05, 0.1) is 31.3 Å². The first kappa shape index (κ1) is 7.76. The van der Waals surface area contributed by atoms with Crippen LogP contribution in [0.15, 0.2) is 12.5 Å². The molecule has 2 rings (SSSR count). The van der Waals surface area contributed by atoms with Gasteiger partial charge in [-0.25, -0.2) is 4.98 Å². The minimum atomic E-state index is 0.311. The second-order valence-electron chi connectivity index (χ2n) is 3.01. The zero-order chi connectivity index (χ0) is 8.39. The van der Waals surface area contributed by atoms with Crippen LogP contribution in [0.4, 0.5) is 0 Å². The maximum atomic E-state index is 5.36. The predicted molar refractivity (Wildman–Crippen MR) is 44.8 cm³/mol. The number of ether oxygens (including phenoxy) is 1. The Morgan fingerprint density at radius 1 is 1.75 bits per heavy atom. The van der Waals surface area contributed by atoms with Crippen molar-refractivity contribution < 1.29 is 4.74 Å². The molecule has 1 fully saturated rings. The molecule has 0 radical (unpaired) electrons. The molecule has 1 aromatic heterocycles. The van der Waals surface area contributed by atoms with E-state index >= 15 is 0 Å². The monoisotopic (exact) mass is 167 g/mol. The molecule has 1 aliphatic rings. The Balaban J connectivity index is 2.13. The maximum Gasteiger partial charge on any atom is 0.0946 e. The van der Waals surface area contributed by atoms with E-state index in [0.29, 0.717) is 6.04 Å². The van der Waals surface area contributed by atoms with Gasteiger partial charge >= 0.3 is 0 Å². The SMILES string of the molecule is Cn1cncc1C1COCCN1. The third-order valence-electron chi connectivity index (χ3n) is 2.13. The molecule has 0 saturated carbocycles. The second kappa shape index (κ2) is 3.25. The van der Waals surface area contributed by atoms with Crippen LogP contribution in [0.2, 0.25) is 0 Å². The molecule has 0 spiro atoms. The summed E-state index contributed by atoms with van der Waals surface area (Å²) < 4.78 is 7.38. The van der Waals surface area contributed by atoms with Crippen molar-refractivity contribution in [3.8, 4) is 0 Å². The van der Waals surface area contributed by atoms with E-state index in [1.54, 1.807) is 0 Å². The Kier molecular flexibility index (Phi) is 2.10. The molecule has 1 atom stereocenters. The molecule has 0 amide bonds. The fraction of sp³-hybridized carbons (Fsp3) is 0.625. The van der Waals surface area contributed by atoms with Gasteiger partial charge in [0.2, 0.25) is 0 Å². The molecule has 4 heteroatoms. The van der Waals surface area contributed by atoms with Crippen LogP contribution >= 0.6 is 0 Å². The van der Waals surface area contributed by atoms with E-state index in [2.05, 4.69) is 10.3 Å². The summed E-state index contributed by atoms with van der Waals surface area (Å²) in [6.45, 7) is 2.49. The van der Waals surface area contributed by atoms with Crippen molar-refractivity contribution in [3.05, 3.63) is 18.2 Å². The highest BCUT2D eigenvalue weighted by molar-refractivity contribution is 5.05. The second-order valence-corrected chi connectivity index (χ2v) is 3.01. The van der Waals surface area contributed by atoms with Crippen molar-refractivity contribution in [1.82, 2.24) is 14.9 Å². The highest BCUT2D eigenvalue weighted by Gasteiger charge is 2.17. The lowest BCUT2D eigenvalue weighted by molar-refractivity contribution is 0.0747. The standard InChI is InChI=1S/C8H13N3O/c1-11-6-9-4-8(11)7-5-12-3-2-10-7/h4,6-7,10H,2-3,5H2,1H3. The van der Waals surface area contributed by atoms with Gasteiger partial charge in [0.15, 0.2) is 0 Å². The van der Waals surface area contributed by atoms with E-state index in [0.717, 1.165) is 19.8 Å². The average molecular weight is 167 g/mol. The molecule has 1 saturated heterocycles. The Morgan fingerprint density at radius 2 is 2.67 bits per heavy atom. The largest absolute Gasteiger partial charge is 0.378 e. The number of rotatable bonds is 1. The van der Waals surface area contributed by atoms with Crippen molar-refractivity contribution in [1.29, 1.82) is 0 Å². The number of hydrogen-bond acceptors (Lipinski definition) is 3. The third kappa shape index (κ3) is 1.35. The minimum Gasteiger partial charge on any atom is -0.378 e. The third-order valence-corrected chi connectivity index (χ3v) is 2.13.